The lowest BCUT2D eigenvalue weighted by atomic mass is 10.1. The maximum atomic E-state index is 12.7. The van der Waals surface area contributed by atoms with Gasteiger partial charge in [0, 0.05) is 37.5 Å². The van der Waals surface area contributed by atoms with E-state index in [0.717, 1.165) is 16.8 Å². The number of benzene rings is 1. The van der Waals surface area contributed by atoms with Crippen LogP contribution in [0.1, 0.15) is 34.3 Å². The van der Waals surface area contributed by atoms with Crippen molar-refractivity contribution in [2.75, 3.05) is 37.6 Å². The minimum atomic E-state index is -0.973. The third-order valence-electron chi connectivity index (χ3n) is 5.77. The van der Waals surface area contributed by atoms with Crippen molar-refractivity contribution in [1.82, 2.24) is 20.3 Å². The standard InChI is InChI=1S/C24H29N7O5/c1-13-15(11-27-21-19(13)20(25)29-24(26)30-21)12-31(2)16-7-5-14(6-8-16)22(33)28-17(23(34)36-4)9-10-18(32)35-3/h5-8,11,17H,9-10,12H2,1-4H3,(H,28,33)(H4,25,26,27,29,30)/t17-/m0/s1. The first-order valence-corrected chi connectivity index (χ1v) is 11.1. The highest BCUT2D eigenvalue weighted by Crippen LogP contribution is 2.25. The number of carbonyl (C=O) groups is 3. The van der Waals surface area contributed by atoms with E-state index in [1.807, 2.05) is 18.9 Å². The number of pyridine rings is 1. The number of anilines is 3. The highest BCUT2D eigenvalue weighted by Gasteiger charge is 2.23. The van der Waals surface area contributed by atoms with Crippen LogP contribution in [-0.4, -0.2) is 60.1 Å². The van der Waals surface area contributed by atoms with Crippen LogP contribution >= 0.6 is 0 Å². The summed E-state index contributed by atoms with van der Waals surface area (Å²) in [6, 6.07) is 5.90. The van der Waals surface area contributed by atoms with Crippen LogP contribution in [0.5, 0.6) is 0 Å². The first-order chi connectivity index (χ1) is 17.1. The molecular formula is C24H29N7O5. The molecule has 1 atom stereocenters. The Kier molecular flexibility index (Phi) is 8.20. The van der Waals surface area contributed by atoms with Crippen molar-refractivity contribution >= 4 is 46.3 Å². The Morgan fingerprint density at radius 2 is 1.78 bits per heavy atom. The fourth-order valence-electron chi connectivity index (χ4n) is 3.70. The molecule has 0 aliphatic rings. The average Bonchev–Trinajstić information content (AvgIpc) is 2.86. The van der Waals surface area contributed by atoms with Crippen molar-refractivity contribution in [2.45, 2.75) is 32.4 Å². The Bertz CT molecular complexity index is 1280. The van der Waals surface area contributed by atoms with Crippen molar-refractivity contribution in [1.29, 1.82) is 0 Å². The summed E-state index contributed by atoms with van der Waals surface area (Å²) in [5.41, 5.74) is 15.2. The zero-order valence-corrected chi connectivity index (χ0v) is 20.6. The van der Waals surface area contributed by atoms with Gasteiger partial charge in [0.15, 0.2) is 5.65 Å². The number of nitrogens with one attached hydrogen (secondary N) is 1. The van der Waals surface area contributed by atoms with E-state index in [0.29, 0.717) is 23.1 Å². The summed E-state index contributed by atoms with van der Waals surface area (Å²) in [7, 11) is 4.38. The summed E-state index contributed by atoms with van der Waals surface area (Å²) in [4.78, 5) is 50.7. The van der Waals surface area contributed by atoms with Crippen molar-refractivity contribution in [3.05, 3.63) is 47.2 Å². The van der Waals surface area contributed by atoms with Crippen LogP contribution in [-0.2, 0) is 25.6 Å². The Morgan fingerprint density at radius 3 is 2.42 bits per heavy atom. The Hall–Kier alpha value is -4.48. The number of aromatic nitrogens is 3. The first-order valence-electron chi connectivity index (χ1n) is 11.1. The molecule has 2 heterocycles. The van der Waals surface area contributed by atoms with Crippen molar-refractivity contribution in [3.8, 4) is 0 Å². The lowest BCUT2D eigenvalue weighted by Gasteiger charge is -2.21. The number of ether oxygens (including phenoxy) is 2. The number of fused-ring (bicyclic) bond motifs is 1. The Balaban J connectivity index is 1.71. The predicted octanol–water partition coefficient (Wildman–Crippen LogP) is 1.36. The normalized spacial score (nSPS) is 11.6. The van der Waals surface area contributed by atoms with Gasteiger partial charge in [-0.2, -0.15) is 9.97 Å². The third-order valence-corrected chi connectivity index (χ3v) is 5.77. The molecule has 0 spiro atoms. The van der Waals surface area contributed by atoms with Gasteiger partial charge in [-0.3, -0.25) is 9.59 Å². The molecule has 0 saturated carbocycles. The van der Waals surface area contributed by atoms with E-state index in [9.17, 15) is 14.4 Å². The molecule has 3 rings (SSSR count). The molecule has 0 radical (unpaired) electrons. The number of hydrogen-bond donors (Lipinski definition) is 3. The monoisotopic (exact) mass is 495 g/mol. The van der Waals surface area contributed by atoms with Crippen LogP contribution < -0.4 is 21.7 Å². The van der Waals surface area contributed by atoms with E-state index < -0.39 is 23.9 Å². The summed E-state index contributed by atoms with van der Waals surface area (Å²) in [5, 5.41) is 3.27. The van der Waals surface area contributed by atoms with E-state index in [4.69, 9.17) is 16.2 Å². The van der Waals surface area contributed by atoms with Crippen LogP contribution in [0, 0.1) is 6.92 Å². The van der Waals surface area contributed by atoms with Gasteiger partial charge >= 0.3 is 11.9 Å². The number of aryl methyl sites for hydroxylation is 1. The molecule has 0 fully saturated rings. The van der Waals surface area contributed by atoms with Gasteiger partial charge in [-0.05, 0) is 48.7 Å². The number of nitrogens with zero attached hydrogens (tertiary/aromatic N) is 4. The SMILES string of the molecule is COC(=O)CC[C@H](NC(=O)c1ccc(N(C)Cc2cnc3nc(N)nc(N)c3c2C)cc1)C(=O)OC. The van der Waals surface area contributed by atoms with Gasteiger partial charge in [-0.15, -0.1) is 0 Å². The van der Waals surface area contributed by atoms with Gasteiger partial charge in [0.05, 0.1) is 19.6 Å². The second-order valence-corrected chi connectivity index (χ2v) is 8.14. The summed E-state index contributed by atoms with van der Waals surface area (Å²) in [6.45, 7) is 2.44. The number of hydrogen-bond acceptors (Lipinski definition) is 11. The van der Waals surface area contributed by atoms with Crippen LogP contribution in [0.15, 0.2) is 30.5 Å². The van der Waals surface area contributed by atoms with Gasteiger partial charge in [-0.1, -0.05) is 0 Å². The molecule has 3 aromatic rings. The van der Waals surface area contributed by atoms with Crippen LogP contribution in [0.3, 0.4) is 0 Å². The summed E-state index contributed by atoms with van der Waals surface area (Å²) in [5.74, 6) is -1.24. The highest BCUT2D eigenvalue weighted by molar-refractivity contribution is 5.97. The molecule has 5 N–H and O–H groups in total. The zero-order valence-electron chi connectivity index (χ0n) is 20.6. The smallest absolute Gasteiger partial charge is 0.328 e. The molecule has 0 bridgehead atoms. The van der Waals surface area contributed by atoms with E-state index >= 15 is 0 Å². The Morgan fingerprint density at radius 1 is 1.08 bits per heavy atom. The van der Waals surface area contributed by atoms with Crippen LogP contribution in [0.2, 0.25) is 0 Å². The predicted molar refractivity (Wildman–Crippen MR) is 134 cm³/mol. The third kappa shape index (κ3) is 5.95. The molecule has 0 unspecified atom stereocenters. The minimum Gasteiger partial charge on any atom is -0.469 e. The van der Waals surface area contributed by atoms with E-state index in [1.54, 1.807) is 30.5 Å². The van der Waals surface area contributed by atoms with E-state index in [2.05, 4.69) is 25.0 Å². The molecule has 12 nitrogen and oxygen atoms in total. The number of esters is 2. The molecule has 1 amide bonds. The zero-order chi connectivity index (χ0) is 26.4. The first kappa shape index (κ1) is 26.1. The molecule has 0 aliphatic heterocycles. The second-order valence-electron chi connectivity index (χ2n) is 8.14. The number of nitrogens with two attached hydrogens (primary N) is 2. The molecule has 12 heteroatoms. The lowest BCUT2D eigenvalue weighted by Crippen LogP contribution is -2.41. The van der Waals surface area contributed by atoms with Gasteiger partial charge in [0.2, 0.25) is 5.95 Å². The second kappa shape index (κ2) is 11.3. The van der Waals surface area contributed by atoms with Gasteiger partial charge in [0.1, 0.15) is 11.9 Å². The fraction of sp³-hybridized carbons (Fsp3) is 0.333. The molecule has 1 aromatic carbocycles. The molecule has 190 valence electrons. The number of carbonyl (C=O) groups excluding carboxylic acids is 3. The minimum absolute atomic E-state index is 0.0332. The Labute approximate surface area is 208 Å². The summed E-state index contributed by atoms with van der Waals surface area (Å²) < 4.78 is 9.32. The maximum absolute atomic E-state index is 12.7. The van der Waals surface area contributed by atoms with Gasteiger partial charge in [-0.25, -0.2) is 9.78 Å². The summed E-state index contributed by atoms with van der Waals surface area (Å²) in [6.07, 6.45) is 1.75. The van der Waals surface area contributed by atoms with E-state index in [-0.39, 0.29) is 24.6 Å². The summed E-state index contributed by atoms with van der Waals surface area (Å²) >= 11 is 0. The topological polar surface area (TPSA) is 176 Å². The van der Waals surface area contributed by atoms with Crippen molar-refractivity contribution in [3.63, 3.8) is 0 Å². The van der Waals surface area contributed by atoms with Crippen LogP contribution in [0.25, 0.3) is 11.0 Å². The lowest BCUT2D eigenvalue weighted by molar-refractivity contribution is -0.144. The highest BCUT2D eigenvalue weighted by atomic mass is 16.5. The average molecular weight is 496 g/mol. The number of nitrogen functional groups attached to an aromatic ring is 2. The quantitative estimate of drug-likeness (QED) is 0.365. The van der Waals surface area contributed by atoms with E-state index in [1.165, 1.54) is 14.2 Å². The van der Waals surface area contributed by atoms with Crippen molar-refractivity contribution < 1.29 is 23.9 Å². The molecule has 2 aromatic heterocycles. The molecule has 36 heavy (non-hydrogen) atoms. The van der Waals surface area contributed by atoms with Gasteiger partial charge in [0.25, 0.3) is 5.91 Å². The largest absolute Gasteiger partial charge is 0.469 e. The molecular weight excluding hydrogens is 466 g/mol. The van der Waals surface area contributed by atoms with Gasteiger partial charge < -0.3 is 31.2 Å². The van der Waals surface area contributed by atoms with Crippen LogP contribution in [0.4, 0.5) is 17.5 Å². The van der Waals surface area contributed by atoms with Crippen molar-refractivity contribution in [2.24, 2.45) is 0 Å². The number of amides is 1. The molecule has 0 saturated heterocycles. The maximum Gasteiger partial charge on any atom is 0.328 e. The number of methoxy groups -OCH3 is 2. The fourth-order valence-corrected chi connectivity index (χ4v) is 3.70. The molecule has 0 aliphatic carbocycles. The number of rotatable bonds is 9.